The Morgan fingerprint density at radius 3 is 2.68 bits per heavy atom. The van der Waals surface area contributed by atoms with Crippen molar-refractivity contribution >= 4 is 49.1 Å². The smallest absolute Gasteiger partial charge is 0.255 e. The van der Waals surface area contributed by atoms with Gasteiger partial charge in [0.1, 0.15) is 16.5 Å². The number of ether oxygens (including phenoxy) is 1. The number of amides is 1. The Labute approximate surface area is 173 Å². The van der Waals surface area contributed by atoms with E-state index in [1.54, 1.807) is 37.4 Å². The lowest BCUT2D eigenvalue weighted by Crippen LogP contribution is -2.11. The number of rotatable bonds is 4. The Bertz CT molecular complexity index is 1160. The number of phenols is 1. The number of carbonyl (C=O) groups is 1. The van der Waals surface area contributed by atoms with Gasteiger partial charge in [0.2, 0.25) is 0 Å². The average molecular weight is 455 g/mol. The number of halogens is 1. The van der Waals surface area contributed by atoms with Crippen molar-refractivity contribution in [2.45, 2.75) is 0 Å². The molecule has 0 aliphatic carbocycles. The molecule has 4 rings (SSSR count). The van der Waals surface area contributed by atoms with Crippen LogP contribution in [0.3, 0.4) is 0 Å². The highest BCUT2D eigenvalue weighted by Gasteiger charge is 2.13. The number of phenolic OH excluding ortho intramolecular Hbond substituents is 1. The van der Waals surface area contributed by atoms with Gasteiger partial charge < -0.3 is 15.2 Å². The van der Waals surface area contributed by atoms with Crippen molar-refractivity contribution in [3.63, 3.8) is 0 Å². The number of hydrogen-bond donors (Lipinski definition) is 2. The van der Waals surface area contributed by atoms with Crippen LogP contribution in [0.15, 0.2) is 65.1 Å². The molecule has 4 aromatic rings. The van der Waals surface area contributed by atoms with Gasteiger partial charge >= 0.3 is 0 Å². The Kier molecular flexibility index (Phi) is 5.02. The van der Waals surface area contributed by atoms with Crippen molar-refractivity contribution < 1.29 is 14.6 Å². The van der Waals surface area contributed by atoms with Crippen LogP contribution < -0.4 is 10.1 Å². The third-order valence-corrected chi connectivity index (χ3v) is 5.88. The third kappa shape index (κ3) is 3.58. The Morgan fingerprint density at radius 2 is 1.96 bits per heavy atom. The Morgan fingerprint density at radius 1 is 1.14 bits per heavy atom. The van der Waals surface area contributed by atoms with Gasteiger partial charge in [-0.15, -0.1) is 11.3 Å². The first kappa shape index (κ1) is 18.5. The number of nitrogens with zero attached hydrogens (tertiary/aromatic N) is 1. The van der Waals surface area contributed by atoms with Crippen LogP contribution in [0.25, 0.3) is 20.8 Å². The number of hydrogen-bond acceptors (Lipinski definition) is 5. The molecule has 0 bridgehead atoms. The van der Waals surface area contributed by atoms with E-state index >= 15 is 0 Å². The summed E-state index contributed by atoms with van der Waals surface area (Å²) in [4.78, 5) is 17.0. The van der Waals surface area contributed by atoms with E-state index in [4.69, 9.17) is 4.74 Å². The van der Waals surface area contributed by atoms with Crippen LogP contribution in [0.2, 0.25) is 0 Å². The second-order valence-corrected chi connectivity index (χ2v) is 7.91. The Hall–Kier alpha value is -2.90. The molecule has 0 unspecified atom stereocenters. The third-order valence-electron chi connectivity index (χ3n) is 4.19. The van der Waals surface area contributed by atoms with Crippen LogP contribution in [0, 0.1) is 0 Å². The summed E-state index contributed by atoms with van der Waals surface area (Å²) in [6.07, 6.45) is 0. The average Bonchev–Trinajstić information content (AvgIpc) is 3.11. The topological polar surface area (TPSA) is 71.5 Å². The van der Waals surface area contributed by atoms with Crippen LogP contribution in [0.5, 0.6) is 11.5 Å². The molecule has 0 spiro atoms. The molecule has 28 heavy (non-hydrogen) atoms. The molecule has 1 aromatic heterocycles. The minimum absolute atomic E-state index is 0.0627. The van der Waals surface area contributed by atoms with Crippen molar-refractivity contribution in [3.8, 4) is 22.1 Å². The van der Waals surface area contributed by atoms with Crippen molar-refractivity contribution in [2.75, 3.05) is 12.4 Å². The molecule has 0 aliphatic rings. The van der Waals surface area contributed by atoms with Crippen LogP contribution in [0.1, 0.15) is 10.4 Å². The van der Waals surface area contributed by atoms with Gasteiger partial charge in [-0.1, -0.05) is 12.1 Å². The molecule has 140 valence electrons. The number of benzene rings is 3. The Balaban J connectivity index is 1.57. The number of para-hydroxylation sites is 1. The first-order valence-electron chi connectivity index (χ1n) is 8.39. The molecule has 0 aliphatic heterocycles. The number of nitrogens with one attached hydrogen (secondary N) is 1. The summed E-state index contributed by atoms with van der Waals surface area (Å²) in [7, 11) is 1.57. The summed E-state index contributed by atoms with van der Waals surface area (Å²) in [5.74, 6) is 0.428. The summed E-state index contributed by atoms with van der Waals surface area (Å²) in [6, 6.07) is 17.9. The second-order valence-electron chi connectivity index (χ2n) is 6.02. The lowest BCUT2D eigenvalue weighted by molar-refractivity contribution is 0.102. The molecule has 0 radical (unpaired) electrons. The fourth-order valence-corrected chi connectivity index (χ4v) is 4.33. The van der Waals surface area contributed by atoms with Crippen LogP contribution in [-0.4, -0.2) is 23.1 Å². The van der Waals surface area contributed by atoms with E-state index in [0.717, 1.165) is 15.2 Å². The van der Waals surface area contributed by atoms with Crippen molar-refractivity contribution in [1.82, 2.24) is 4.98 Å². The van der Waals surface area contributed by atoms with E-state index < -0.39 is 0 Å². The van der Waals surface area contributed by atoms with Crippen molar-refractivity contribution in [2.24, 2.45) is 0 Å². The maximum Gasteiger partial charge on any atom is 0.255 e. The maximum atomic E-state index is 12.5. The highest BCUT2D eigenvalue weighted by Crippen LogP contribution is 2.36. The number of fused-ring (bicyclic) bond motifs is 1. The minimum atomic E-state index is -0.282. The standard InChI is InChI=1S/C21H15BrN2O3S/c1-27-18-9-6-12(10-15(18)22)20(26)23-13-7-8-14(17(25)11-13)21-24-16-4-2-3-5-19(16)28-21/h2-11,25H,1H3,(H,23,26). The molecule has 0 fully saturated rings. The molecule has 3 aromatic carbocycles. The van der Waals surface area contributed by atoms with Gasteiger partial charge in [0.15, 0.2) is 0 Å². The van der Waals surface area contributed by atoms with Crippen LogP contribution in [-0.2, 0) is 0 Å². The largest absolute Gasteiger partial charge is 0.507 e. The quantitative estimate of drug-likeness (QED) is 0.415. The fourth-order valence-electron chi connectivity index (χ4n) is 2.79. The zero-order valence-corrected chi connectivity index (χ0v) is 17.2. The highest BCUT2D eigenvalue weighted by atomic mass is 79.9. The first-order valence-corrected chi connectivity index (χ1v) is 10.00. The molecular formula is C21H15BrN2O3S. The number of methoxy groups -OCH3 is 1. The summed E-state index contributed by atoms with van der Waals surface area (Å²) in [5.41, 5.74) is 2.50. The predicted molar refractivity (Wildman–Crippen MR) is 115 cm³/mol. The SMILES string of the molecule is COc1ccc(C(=O)Nc2ccc(-c3nc4ccccc4s3)c(O)c2)cc1Br. The molecule has 1 amide bonds. The molecule has 0 saturated carbocycles. The first-order chi connectivity index (χ1) is 13.5. The lowest BCUT2D eigenvalue weighted by Gasteiger charge is -2.09. The van der Waals surface area contributed by atoms with E-state index in [9.17, 15) is 9.90 Å². The zero-order chi connectivity index (χ0) is 19.7. The summed E-state index contributed by atoms with van der Waals surface area (Å²) < 4.78 is 6.92. The highest BCUT2D eigenvalue weighted by molar-refractivity contribution is 9.10. The molecule has 1 heterocycles. The van der Waals surface area contributed by atoms with E-state index in [1.807, 2.05) is 24.3 Å². The summed E-state index contributed by atoms with van der Waals surface area (Å²) in [5, 5.41) is 14.0. The van der Waals surface area contributed by atoms with Crippen molar-refractivity contribution in [3.05, 3.63) is 70.7 Å². The normalized spacial score (nSPS) is 10.8. The molecule has 0 saturated heterocycles. The van der Waals surface area contributed by atoms with Gasteiger partial charge in [-0.25, -0.2) is 4.98 Å². The number of thiazole rings is 1. The van der Waals surface area contributed by atoms with Gasteiger partial charge in [0.05, 0.1) is 27.4 Å². The lowest BCUT2D eigenvalue weighted by atomic mass is 10.1. The van der Waals surface area contributed by atoms with E-state index in [1.165, 1.54) is 17.4 Å². The summed E-state index contributed by atoms with van der Waals surface area (Å²) in [6.45, 7) is 0. The second kappa shape index (κ2) is 7.61. The number of aromatic hydroxyl groups is 1. The number of carbonyl (C=O) groups excluding carboxylic acids is 1. The predicted octanol–water partition coefficient (Wildman–Crippen LogP) is 5.69. The molecule has 5 nitrogen and oxygen atoms in total. The monoisotopic (exact) mass is 454 g/mol. The number of aromatic nitrogens is 1. The van der Waals surface area contributed by atoms with Crippen LogP contribution in [0.4, 0.5) is 5.69 Å². The fraction of sp³-hybridized carbons (Fsp3) is 0.0476. The molecular weight excluding hydrogens is 440 g/mol. The molecule has 7 heteroatoms. The zero-order valence-electron chi connectivity index (χ0n) is 14.8. The van der Waals surface area contributed by atoms with Crippen LogP contribution >= 0.6 is 27.3 Å². The minimum Gasteiger partial charge on any atom is -0.507 e. The van der Waals surface area contributed by atoms with Gasteiger partial charge in [0.25, 0.3) is 5.91 Å². The summed E-state index contributed by atoms with van der Waals surface area (Å²) >= 11 is 4.88. The van der Waals surface area contributed by atoms with E-state index in [2.05, 4.69) is 26.2 Å². The molecule has 0 atom stereocenters. The van der Waals surface area contributed by atoms with E-state index in [0.29, 0.717) is 27.0 Å². The van der Waals surface area contributed by atoms with Crippen molar-refractivity contribution in [1.29, 1.82) is 0 Å². The van der Waals surface area contributed by atoms with Gasteiger partial charge in [-0.2, -0.15) is 0 Å². The molecule has 2 N–H and O–H groups in total. The van der Waals surface area contributed by atoms with Gasteiger partial charge in [-0.05, 0) is 58.4 Å². The number of anilines is 1. The van der Waals surface area contributed by atoms with Gasteiger partial charge in [-0.3, -0.25) is 4.79 Å². The van der Waals surface area contributed by atoms with E-state index in [-0.39, 0.29) is 11.7 Å². The maximum absolute atomic E-state index is 12.5. The van der Waals surface area contributed by atoms with Gasteiger partial charge in [0, 0.05) is 17.3 Å².